The Bertz CT molecular complexity index is 110. The zero-order chi connectivity index (χ0) is 10.8. The number of aliphatic hydroxyl groups is 1. The van der Waals surface area contributed by atoms with Crippen molar-refractivity contribution in [3.05, 3.63) is 0 Å². The van der Waals surface area contributed by atoms with Crippen molar-refractivity contribution < 1.29 is 14.6 Å². The van der Waals surface area contributed by atoms with Crippen LogP contribution in [0.25, 0.3) is 0 Å². The van der Waals surface area contributed by atoms with Crippen molar-refractivity contribution in [2.75, 3.05) is 26.9 Å². The van der Waals surface area contributed by atoms with Crippen LogP contribution in [0.1, 0.15) is 26.7 Å². The van der Waals surface area contributed by atoms with E-state index in [2.05, 4.69) is 5.32 Å². The van der Waals surface area contributed by atoms with Crippen molar-refractivity contribution in [3.63, 3.8) is 0 Å². The number of hydrogen-bond donors (Lipinski definition) is 2. The van der Waals surface area contributed by atoms with Crippen LogP contribution in [-0.4, -0.2) is 44.3 Å². The minimum atomic E-state index is -0.116. The van der Waals surface area contributed by atoms with Crippen molar-refractivity contribution in [3.8, 4) is 0 Å². The van der Waals surface area contributed by atoms with Crippen molar-refractivity contribution in [2.24, 2.45) is 0 Å². The molecular weight excluding hydrogens is 182 g/mol. The first-order chi connectivity index (χ1) is 6.86. The third-order valence-electron chi connectivity index (χ3n) is 2.04. The van der Waals surface area contributed by atoms with Crippen LogP contribution in [0.3, 0.4) is 0 Å². The molecule has 2 atom stereocenters. The van der Waals surface area contributed by atoms with Crippen molar-refractivity contribution in [1.29, 1.82) is 0 Å². The summed E-state index contributed by atoms with van der Waals surface area (Å²) in [5.41, 5.74) is 0. The Morgan fingerprint density at radius 3 is 2.71 bits per heavy atom. The highest BCUT2D eigenvalue weighted by atomic mass is 16.5. The van der Waals surface area contributed by atoms with Crippen molar-refractivity contribution >= 4 is 0 Å². The third-order valence-corrected chi connectivity index (χ3v) is 2.04. The monoisotopic (exact) mass is 205 g/mol. The van der Waals surface area contributed by atoms with Crippen LogP contribution in [0.4, 0.5) is 0 Å². The molecule has 0 aromatic carbocycles. The predicted octanol–water partition coefficient (Wildman–Crippen LogP) is 0.746. The predicted molar refractivity (Wildman–Crippen MR) is 56.2 cm³/mol. The molecule has 86 valence electrons. The van der Waals surface area contributed by atoms with Crippen LogP contribution >= 0.6 is 0 Å². The molecule has 0 radical (unpaired) electrons. The molecule has 0 spiro atoms. The zero-order valence-electron chi connectivity index (χ0n) is 9.45. The fourth-order valence-corrected chi connectivity index (χ4v) is 1.22. The normalized spacial score (nSPS) is 22.7. The Morgan fingerprint density at radius 1 is 1.57 bits per heavy atom. The summed E-state index contributed by atoms with van der Waals surface area (Å²) in [6, 6.07) is 0. The lowest BCUT2D eigenvalue weighted by molar-refractivity contribution is 0.0255. The summed E-state index contributed by atoms with van der Waals surface area (Å²) in [6.45, 7) is 5.54. The van der Waals surface area contributed by atoms with E-state index in [1.165, 1.54) is 0 Å². The summed E-state index contributed by atoms with van der Waals surface area (Å²) in [4.78, 5) is 0. The summed E-state index contributed by atoms with van der Waals surface area (Å²) in [7, 11) is 1.60. The van der Waals surface area contributed by atoms with Crippen molar-refractivity contribution in [2.45, 2.75) is 39.0 Å². The molecule has 4 heteroatoms. The van der Waals surface area contributed by atoms with Gasteiger partial charge in [-0.25, -0.2) is 0 Å². The summed E-state index contributed by atoms with van der Waals surface area (Å²) in [5.74, 6) is 0. The molecule has 4 nitrogen and oxygen atoms in total. The standard InChI is InChI=1S/C8H17NO3.C2H6/c1-11-7(6-10)5-9-8-3-2-4-12-8;1-2/h7-10H,2-6H2,1H3;1-2H3. The SMILES string of the molecule is CC.COC(CO)CNC1CCCO1. The summed E-state index contributed by atoms with van der Waals surface area (Å²) in [5, 5.41) is 12.0. The number of rotatable bonds is 5. The minimum absolute atomic E-state index is 0.0518. The fraction of sp³-hybridized carbons (Fsp3) is 1.00. The average Bonchev–Trinajstić information content (AvgIpc) is 2.75. The molecule has 1 saturated heterocycles. The first-order valence-corrected chi connectivity index (χ1v) is 5.35. The molecule has 0 amide bonds. The maximum absolute atomic E-state index is 8.79. The molecule has 1 fully saturated rings. The van der Waals surface area contributed by atoms with Gasteiger partial charge in [-0.3, -0.25) is 5.32 Å². The molecule has 0 aromatic heterocycles. The average molecular weight is 205 g/mol. The van der Waals surface area contributed by atoms with Crippen LogP contribution in [0.5, 0.6) is 0 Å². The molecule has 1 aliphatic heterocycles. The maximum atomic E-state index is 8.79. The van der Waals surface area contributed by atoms with Crippen LogP contribution in [0.15, 0.2) is 0 Å². The van der Waals surface area contributed by atoms with E-state index in [1.54, 1.807) is 7.11 Å². The van der Waals surface area contributed by atoms with Crippen LogP contribution in [0.2, 0.25) is 0 Å². The van der Waals surface area contributed by atoms with E-state index in [4.69, 9.17) is 14.6 Å². The first kappa shape index (κ1) is 13.8. The quantitative estimate of drug-likeness (QED) is 0.695. The van der Waals surface area contributed by atoms with Gasteiger partial charge in [-0.1, -0.05) is 13.8 Å². The van der Waals surface area contributed by atoms with Gasteiger partial charge in [0.2, 0.25) is 0 Å². The van der Waals surface area contributed by atoms with Crippen LogP contribution in [-0.2, 0) is 9.47 Å². The van der Waals surface area contributed by atoms with Crippen molar-refractivity contribution in [1.82, 2.24) is 5.32 Å². The molecule has 14 heavy (non-hydrogen) atoms. The molecule has 0 aliphatic carbocycles. The fourth-order valence-electron chi connectivity index (χ4n) is 1.22. The van der Waals surface area contributed by atoms with Gasteiger partial charge >= 0.3 is 0 Å². The molecule has 0 aromatic rings. The Hall–Kier alpha value is -0.160. The second-order valence-corrected chi connectivity index (χ2v) is 2.95. The van der Waals surface area contributed by atoms with Gasteiger partial charge in [0.15, 0.2) is 0 Å². The van der Waals surface area contributed by atoms with E-state index in [0.29, 0.717) is 6.54 Å². The van der Waals surface area contributed by atoms with E-state index in [0.717, 1.165) is 19.4 Å². The lowest BCUT2D eigenvalue weighted by Crippen LogP contribution is -2.37. The van der Waals surface area contributed by atoms with Gasteiger partial charge in [-0.15, -0.1) is 0 Å². The molecule has 0 saturated carbocycles. The number of ether oxygens (including phenoxy) is 2. The lowest BCUT2D eigenvalue weighted by atomic mass is 10.3. The summed E-state index contributed by atoms with van der Waals surface area (Å²) in [6.07, 6.45) is 2.22. The van der Waals surface area contributed by atoms with Gasteiger partial charge in [0.1, 0.15) is 6.23 Å². The van der Waals surface area contributed by atoms with E-state index in [-0.39, 0.29) is 18.9 Å². The highest BCUT2D eigenvalue weighted by Crippen LogP contribution is 2.08. The Morgan fingerprint density at radius 2 is 2.29 bits per heavy atom. The highest BCUT2D eigenvalue weighted by Gasteiger charge is 2.16. The Balaban J connectivity index is 0.000000791. The summed E-state index contributed by atoms with van der Waals surface area (Å²) >= 11 is 0. The maximum Gasteiger partial charge on any atom is 0.108 e. The molecule has 1 rings (SSSR count). The van der Waals surface area contributed by atoms with Gasteiger partial charge in [0.05, 0.1) is 12.7 Å². The Labute approximate surface area is 86.6 Å². The minimum Gasteiger partial charge on any atom is -0.394 e. The lowest BCUT2D eigenvalue weighted by Gasteiger charge is -2.16. The first-order valence-electron chi connectivity index (χ1n) is 5.35. The number of hydrogen-bond acceptors (Lipinski definition) is 4. The molecule has 1 heterocycles. The largest absolute Gasteiger partial charge is 0.394 e. The van der Waals surface area contributed by atoms with Gasteiger partial charge < -0.3 is 14.6 Å². The third kappa shape index (κ3) is 5.54. The van der Waals surface area contributed by atoms with Crippen LogP contribution in [0, 0.1) is 0 Å². The van der Waals surface area contributed by atoms with Gasteiger partial charge in [-0.2, -0.15) is 0 Å². The van der Waals surface area contributed by atoms with E-state index in [1.807, 2.05) is 13.8 Å². The van der Waals surface area contributed by atoms with Gasteiger partial charge in [-0.05, 0) is 12.8 Å². The van der Waals surface area contributed by atoms with E-state index in [9.17, 15) is 0 Å². The number of nitrogens with one attached hydrogen (secondary N) is 1. The molecule has 1 aliphatic rings. The van der Waals surface area contributed by atoms with E-state index >= 15 is 0 Å². The molecular formula is C10H23NO3. The van der Waals surface area contributed by atoms with Crippen LogP contribution < -0.4 is 5.32 Å². The zero-order valence-corrected chi connectivity index (χ0v) is 9.45. The summed E-state index contributed by atoms with van der Waals surface area (Å²) < 4.78 is 10.3. The topological polar surface area (TPSA) is 50.7 Å². The molecule has 2 N–H and O–H groups in total. The molecule has 2 unspecified atom stereocenters. The van der Waals surface area contributed by atoms with E-state index < -0.39 is 0 Å². The molecule has 0 bridgehead atoms. The second-order valence-electron chi connectivity index (χ2n) is 2.95. The Kier molecular flexibility index (Phi) is 9.29. The second kappa shape index (κ2) is 9.40. The van der Waals surface area contributed by atoms with Gasteiger partial charge in [0.25, 0.3) is 0 Å². The van der Waals surface area contributed by atoms with Gasteiger partial charge in [0, 0.05) is 20.3 Å². The number of methoxy groups -OCH3 is 1. The smallest absolute Gasteiger partial charge is 0.108 e. The number of aliphatic hydroxyl groups excluding tert-OH is 1. The highest BCUT2D eigenvalue weighted by molar-refractivity contribution is 4.66.